The molecule has 1 rings (SSSR count). The van der Waals surface area contributed by atoms with Gasteiger partial charge in [-0.05, 0) is 39.5 Å². The predicted octanol–water partition coefficient (Wildman–Crippen LogP) is 3.94. The van der Waals surface area contributed by atoms with Crippen LogP contribution in [0.15, 0.2) is 0 Å². The van der Waals surface area contributed by atoms with Crippen molar-refractivity contribution in [2.45, 2.75) is 85.2 Å². The van der Waals surface area contributed by atoms with Gasteiger partial charge in [-0.3, -0.25) is 4.79 Å². The SMILES string of the molecule is CC(C)(C)N[C@@H](CCC1CCC1)C(=O)C(C)(C)C. The van der Waals surface area contributed by atoms with Gasteiger partial charge in [-0.1, -0.05) is 40.0 Å². The van der Waals surface area contributed by atoms with Crippen molar-refractivity contribution in [1.29, 1.82) is 0 Å². The van der Waals surface area contributed by atoms with Gasteiger partial charge in [0.1, 0.15) is 0 Å². The van der Waals surface area contributed by atoms with Gasteiger partial charge in [0.05, 0.1) is 6.04 Å². The molecular weight excluding hydrogens is 222 g/mol. The molecule has 0 bridgehead atoms. The molecule has 0 aromatic heterocycles. The minimum atomic E-state index is -0.247. The van der Waals surface area contributed by atoms with Gasteiger partial charge in [0.25, 0.3) is 0 Å². The number of hydrogen-bond donors (Lipinski definition) is 1. The minimum absolute atomic E-state index is 0.00515. The fraction of sp³-hybridized carbons (Fsp3) is 0.938. The molecule has 0 aromatic rings. The Morgan fingerprint density at radius 2 is 1.72 bits per heavy atom. The Bertz CT molecular complexity index is 278. The monoisotopic (exact) mass is 253 g/mol. The lowest BCUT2D eigenvalue weighted by atomic mass is 9.78. The van der Waals surface area contributed by atoms with E-state index in [2.05, 4.69) is 26.1 Å². The summed E-state index contributed by atoms with van der Waals surface area (Å²) in [6, 6.07) is 0.0191. The van der Waals surface area contributed by atoms with Crippen LogP contribution in [0.3, 0.4) is 0 Å². The van der Waals surface area contributed by atoms with Crippen LogP contribution in [-0.4, -0.2) is 17.4 Å². The van der Waals surface area contributed by atoms with Crippen LogP contribution < -0.4 is 5.32 Å². The molecule has 0 heterocycles. The Kier molecular flexibility index (Phi) is 4.99. The van der Waals surface area contributed by atoms with Crippen LogP contribution >= 0.6 is 0 Å². The van der Waals surface area contributed by atoms with Crippen LogP contribution in [-0.2, 0) is 4.79 Å². The van der Waals surface area contributed by atoms with Gasteiger partial charge in [0, 0.05) is 11.0 Å². The normalized spacial score (nSPS) is 19.4. The maximum Gasteiger partial charge on any atom is 0.155 e. The summed E-state index contributed by atoms with van der Waals surface area (Å²) in [4.78, 5) is 12.5. The van der Waals surface area contributed by atoms with Gasteiger partial charge in [0.2, 0.25) is 0 Å². The zero-order chi connectivity index (χ0) is 14.0. The van der Waals surface area contributed by atoms with Gasteiger partial charge in [-0.2, -0.15) is 0 Å². The number of carbonyl (C=O) groups excluding carboxylic acids is 1. The van der Waals surface area contributed by atoms with E-state index >= 15 is 0 Å². The molecule has 0 unspecified atom stereocenters. The highest BCUT2D eigenvalue weighted by molar-refractivity contribution is 5.88. The van der Waals surface area contributed by atoms with E-state index in [1.807, 2.05) is 20.8 Å². The molecule has 18 heavy (non-hydrogen) atoms. The van der Waals surface area contributed by atoms with Gasteiger partial charge in [0.15, 0.2) is 5.78 Å². The third-order valence-electron chi connectivity index (χ3n) is 3.75. The molecule has 0 radical (unpaired) electrons. The number of Topliss-reactive ketones (excluding diaryl/α,β-unsaturated/α-hetero) is 1. The summed E-state index contributed by atoms with van der Waals surface area (Å²) in [7, 11) is 0. The minimum Gasteiger partial charge on any atom is -0.303 e. The number of ketones is 1. The van der Waals surface area contributed by atoms with E-state index in [0.29, 0.717) is 5.78 Å². The van der Waals surface area contributed by atoms with Crippen molar-refractivity contribution in [1.82, 2.24) is 5.32 Å². The van der Waals surface area contributed by atoms with Crippen molar-refractivity contribution in [3.8, 4) is 0 Å². The standard InChI is InChI=1S/C16H31NO/c1-15(2,3)14(18)13(17-16(4,5)6)11-10-12-8-7-9-12/h12-13,17H,7-11H2,1-6H3/t13-/m0/s1. The van der Waals surface area contributed by atoms with Gasteiger partial charge in [-0.15, -0.1) is 0 Å². The molecule has 1 saturated carbocycles. The second-order valence-corrected chi connectivity index (χ2v) is 7.94. The smallest absolute Gasteiger partial charge is 0.155 e. The van der Waals surface area contributed by atoms with E-state index in [1.54, 1.807) is 0 Å². The topological polar surface area (TPSA) is 29.1 Å². The van der Waals surface area contributed by atoms with E-state index in [9.17, 15) is 4.79 Å². The first kappa shape index (κ1) is 15.7. The first-order valence-electron chi connectivity index (χ1n) is 7.41. The summed E-state index contributed by atoms with van der Waals surface area (Å²) in [5.74, 6) is 1.23. The Labute approximate surface area is 113 Å². The molecule has 0 saturated heterocycles. The molecule has 2 nitrogen and oxygen atoms in total. The summed E-state index contributed by atoms with van der Waals surface area (Å²) >= 11 is 0. The zero-order valence-electron chi connectivity index (χ0n) is 13.1. The van der Waals surface area contributed by atoms with E-state index in [-0.39, 0.29) is 17.0 Å². The van der Waals surface area contributed by atoms with Crippen molar-refractivity contribution in [3.05, 3.63) is 0 Å². The molecule has 106 valence electrons. The number of rotatable bonds is 5. The molecule has 0 amide bonds. The average molecular weight is 253 g/mol. The number of carbonyl (C=O) groups is 1. The van der Waals surface area contributed by atoms with Gasteiger partial charge < -0.3 is 5.32 Å². The summed E-state index contributed by atoms with van der Waals surface area (Å²) in [5.41, 5.74) is -0.242. The third-order valence-corrected chi connectivity index (χ3v) is 3.75. The molecule has 1 N–H and O–H groups in total. The molecule has 1 aliphatic carbocycles. The first-order chi connectivity index (χ1) is 8.09. The molecule has 0 spiro atoms. The molecule has 2 heteroatoms. The number of nitrogens with one attached hydrogen (secondary N) is 1. The molecule has 1 aliphatic rings. The molecule has 1 fully saturated rings. The average Bonchev–Trinajstić information content (AvgIpc) is 2.09. The zero-order valence-corrected chi connectivity index (χ0v) is 13.1. The fourth-order valence-corrected chi connectivity index (χ4v) is 2.50. The van der Waals surface area contributed by atoms with Crippen LogP contribution in [0.4, 0.5) is 0 Å². The fourth-order valence-electron chi connectivity index (χ4n) is 2.50. The van der Waals surface area contributed by atoms with E-state index in [1.165, 1.54) is 25.7 Å². The third kappa shape index (κ3) is 5.09. The summed E-state index contributed by atoms with van der Waals surface area (Å²) in [6.45, 7) is 12.5. The van der Waals surface area contributed by atoms with Crippen molar-refractivity contribution in [2.75, 3.05) is 0 Å². The highest BCUT2D eigenvalue weighted by Crippen LogP contribution is 2.32. The molecule has 1 atom stereocenters. The lowest BCUT2D eigenvalue weighted by Crippen LogP contribution is -2.51. The Balaban J connectivity index is 2.58. The van der Waals surface area contributed by atoms with Crippen molar-refractivity contribution in [2.24, 2.45) is 11.3 Å². The van der Waals surface area contributed by atoms with Crippen LogP contribution in [0.2, 0.25) is 0 Å². The van der Waals surface area contributed by atoms with E-state index in [4.69, 9.17) is 0 Å². The maximum atomic E-state index is 12.5. The van der Waals surface area contributed by atoms with Crippen LogP contribution in [0.5, 0.6) is 0 Å². The van der Waals surface area contributed by atoms with Crippen LogP contribution in [0, 0.1) is 11.3 Å². The summed E-state index contributed by atoms with van der Waals surface area (Å²) in [6.07, 6.45) is 6.32. The van der Waals surface area contributed by atoms with Crippen molar-refractivity contribution in [3.63, 3.8) is 0 Å². The quantitative estimate of drug-likeness (QED) is 0.804. The maximum absolute atomic E-state index is 12.5. The van der Waals surface area contributed by atoms with Gasteiger partial charge >= 0.3 is 0 Å². The van der Waals surface area contributed by atoms with Gasteiger partial charge in [-0.25, -0.2) is 0 Å². The Hall–Kier alpha value is -0.370. The number of hydrogen-bond acceptors (Lipinski definition) is 2. The summed E-state index contributed by atoms with van der Waals surface area (Å²) in [5, 5.41) is 3.52. The van der Waals surface area contributed by atoms with Crippen molar-refractivity contribution < 1.29 is 4.79 Å². The summed E-state index contributed by atoms with van der Waals surface area (Å²) < 4.78 is 0. The highest BCUT2D eigenvalue weighted by Gasteiger charge is 2.32. The molecular formula is C16H31NO. The lowest BCUT2D eigenvalue weighted by molar-refractivity contribution is -0.129. The second kappa shape index (κ2) is 5.73. The highest BCUT2D eigenvalue weighted by atomic mass is 16.1. The Morgan fingerprint density at radius 3 is 2.06 bits per heavy atom. The lowest BCUT2D eigenvalue weighted by Gasteiger charge is -2.34. The first-order valence-corrected chi connectivity index (χ1v) is 7.41. The Morgan fingerprint density at radius 1 is 1.17 bits per heavy atom. The van der Waals surface area contributed by atoms with Crippen LogP contribution in [0.25, 0.3) is 0 Å². The molecule has 0 aliphatic heterocycles. The second-order valence-electron chi connectivity index (χ2n) is 7.94. The molecule has 0 aromatic carbocycles. The predicted molar refractivity (Wildman–Crippen MR) is 77.7 cm³/mol. The van der Waals surface area contributed by atoms with E-state index < -0.39 is 0 Å². The van der Waals surface area contributed by atoms with Crippen LogP contribution in [0.1, 0.15) is 73.6 Å². The largest absolute Gasteiger partial charge is 0.303 e. The van der Waals surface area contributed by atoms with E-state index in [0.717, 1.165) is 12.3 Å². The van der Waals surface area contributed by atoms with Crippen molar-refractivity contribution >= 4 is 5.78 Å².